The molecule has 2 heterocycles. The predicted molar refractivity (Wildman–Crippen MR) is 132 cm³/mol. The van der Waals surface area contributed by atoms with E-state index in [-0.39, 0.29) is 11.9 Å². The smallest absolute Gasteiger partial charge is 0.243 e. The number of imidazole rings is 1. The third-order valence-electron chi connectivity index (χ3n) is 6.47. The Balaban J connectivity index is 1.75. The topological polar surface area (TPSA) is 87.5 Å². The number of sulfonamides is 1. The highest BCUT2D eigenvalue weighted by atomic mass is 32.2. The lowest BCUT2D eigenvalue weighted by Crippen LogP contribution is -2.43. The van der Waals surface area contributed by atoms with E-state index < -0.39 is 10.0 Å². The molecule has 1 atom stereocenters. The molecule has 1 aliphatic heterocycles. The van der Waals surface area contributed by atoms with Crippen LogP contribution in [-0.2, 0) is 27.8 Å². The molecule has 1 saturated heterocycles. The van der Waals surface area contributed by atoms with Crippen molar-refractivity contribution in [2.24, 2.45) is 5.92 Å². The Labute approximate surface area is 198 Å². The Kier molecular flexibility index (Phi) is 8.53. The predicted octanol–water partition coefficient (Wildman–Crippen LogP) is 2.87. The molecule has 3 rings (SSSR count). The summed E-state index contributed by atoms with van der Waals surface area (Å²) in [7, 11) is 0.574. The minimum absolute atomic E-state index is 0.00917. The van der Waals surface area contributed by atoms with Crippen LogP contribution in [-0.4, -0.2) is 72.9 Å². The second kappa shape index (κ2) is 11.0. The van der Waals surface area contributed by atoms with Gasteiger partial charge in [0.05, 0.1) is 15.9 Å². The second-order valence-corrected chi connectivity index (χ2v) is 11.5. The number of nitrogens with one attached hydrogen (secondary N) is 1. The van der Waals surface area contributed by atoms with Gasteiger partial charge in [-0.15, -0.1) is 0 Å². The molecule has 1 amide bonds. The summed E-state index contributed by atoms with van der Waals surface area (Å²) in [5, 5.41) is 3.06. The molecule has 1 unspecified atom stereocenters. The van der Waals surface area contributed by atoms with Crippen LogP contribution in [0.4, 0.5) is 0 Å². The maximum Gasteiger partial charge on any atom is 0.243 e. The van der Waals surface area contributed by atoms with E-state index in [0.29, 0.717) is 48.8 Å². The molecule has 1 fully saturated rings. The zero-order valence-corrected chi connectivity index (χ0v) is 21.5. The van der Waals surface area contributed by atoms with Crippen molar-refractivity contribution in [3.63, 3.8) is 0 Å². The molecule has 33 heavy (non-hydrogen) atoms. The van der Waals surface area contributed by atoms with E-state index >= 15 is 0 Å². The van der Waals surface area contributed by atoms with E-state index in [2.05, 4.69) is 35.6 Å². The average molecular weight is 478 g/mol. The second-order valence-electron chi connectivity index (χ2n) is 9.52. The Hall–Kier alpha value is -1.97. The van der Waals surface area contributed by atoms with Gasteiger partial charge in [-0.3, -0.25) is 4.79 Å². The summed E-state index contributed by atoms with van der Waals surface area (Å²) >= 11 is 0. The van der Waals surface area contributed by atoms with Crippen LogP contribution >= 0.6 is 0 Å². The number of carbonyl (C=O) groups excluding carboxylic acids is 1. The fraction of sp³-hybridized carbons (Fsp3) is 0.667. The van der Waals surface area contributed by atoms with Gasteiger partial charge in [0, 0.05) is 45.1 Å². The maximum atomic E-state index is 13.0. The van der Waals surface area contributed by atoms with Gasteiger partial charge in [0.25, 0.3) is 0 Å². The van der Waals surface area contributed by atoms with E-state index in [9.17, 15) is 13.2 Å². The highest BCUT2D eigenvalue weighted by molar-refractivity contribution is 7.89. The van der Waals surface area contributed by atoms with Crippen molar-refractivity contribution < 1.29 is 13.2 Å². The van der Waals surface area contributed by atoms with E-state index in [4.69, 9.17) is 4.98 Å². The summed E-state index contributed by atoms with van der Waals surface area (Å²) in [6.07, 6.45) is 3.61. The van der Waals surface area contributed by atoms with Crippen molar-refractivity contribution in [3.8, 4) is 0 Å². The zero-order chi connectivity index (χ0) is 24.2. The van der Waals surface area contributed by atoms with Crippen molar-refractivity contribution >= 4 is 27.0 Å². The zero-order valence-electron chi connectivity index (χ0n) is 20.7. The summed E-state index contributed by atoms with van der Waals surface area (Å²) in [5.74, 6) is 1.28. The SMILES string of the molecule is CCCn1c(CCC(=O)NCC(C(C)C)N(C)C)nc2cc(S(=O)(=O)N3CCCC3)ccc21. The van der Waals surface area contributed by atoms with Crippen LogP contribution in [0.1, 0.15) is 52.3 Å². The molecule has 0 bridgehead atoms. The number of benzene rings is 1. The number of aryl methyl sites for hydroxylation is 2. The van der Waals surface area contributed by atoms with Crippen LogP contribution in [0, 0.1) is 5.92 Å². The maximum absolute atomic E-state index is 13.0. The molecule has 0 radical (unpaired) electrons. The summed E-state index contributed by atoms with van der Waals surface area (Å²) in [4.78, 5) is 19.7. The largest absolute Gasteiger partial charge is 0.355 e. The minimum atomic E-state index is -3.49. The first-order valence-corrected chi connectivity index (χ1v) is 13.5. The van der Waals surface area contributed by atoms with E-state index in [1.54, 1.807) is 16.4 Å². The monoisotopic (exact) mass is 477 g/mol. The number of amides is 1. The highest BCUT2D eigenvalue weighted by Crippen LogP contribution is 2.25. The normalized spacial score (nSPS) is 16.2. The van der Waals surface area contributed by atoms with Crippen molar-refractivity contribution in [1.29, 1.82) is 0 Å². The number of carbonyl (C=O) groups is 1. The van der Waals surface area contributed by atoms with Crippen molar-refractivity contribution in [2.45, 2.75) is 70.4 Å². The quantitative estimate of drug-likeness (QED) is 0.538. The van der Waals surface area contributed by atoms with E-state index in [0.717, 1.165) is 37.1 Å². The molecule has 1 aromatic heterocycles. The van der Waals surface area contributed by atoms with Gasteiger partial charge in [-0.25, -0.2) is 13.4 Å². The number of likely N-dealkylation sites (N-methyl/N-ethyl adjacent to an activating group) is 1. The van der Waals surface area contributed by atoms with Crippen LogP contribution in [0.5, 0.6) is 0 Å². The molecule has 1 aromatic carbocycles. The van der Waals surface area contributed by atoms with Crippen LogP contribution in [0.2, 0.25) is 0 Å². The van der Waals surface area contributed by atoms with Crippen molar-refractivity contribution in [2.75, 3.05) is 33.7 Å². The Morgan fingerprint density at radius 1 is 1.21 bits per heavy atom. The molecule has 184 valence electrons. The third-order valence-corrected chi connectivity index (χ3v) is 8.36. The lowest BCUT2D eigenvalue weighted by Gasteiger charge is -2.28. The molecule has 9 heteroatoms. The first-order valence-electron chi connectivity index (χ1n) is 12.1. The molecule has 2 aromatic rings. The Morgan fingerprint density at radius 2 is 1.91 bits per heavy atom. The van der Waals surface area contributed by atoms with Gasteiger partial charge in [-0.2, -0.15) is 4.31 Å². The Morgan fingerprint density at radius 3 is 2.52 bits per heavy atom. The number of rotatable bonds is 11. The van der Waals surface area contributed by atoms with Gasteiger partial charge in [0.2, 0.25) is 15.9 Å². The van der Waals surface area contributed by atoms with Crippen LogP contribution in [0.15, 0.2) is 23.1 Å². The van der Waals surface area contributed by atoms with Gasteiger partial charge in [-0.05, 0) is 57.5 Å². The lowest BCUT2D eigenvalue weighted by atomic mass is 10.0. The molecule has 1 aliphatic rings. The van der Waals surface area contributed by atoms with Crippen LogP contribution < -0.4 is 5.32 Å². The van der Waals surface area contributed by atoms with Crippen LogP contribution in [0.25, 0.3) is 11.0 Å². The number of fused-ring (bicyclic) bond motifs is 1. The molecule has 0 spiro atoms. The van der Waals surface area contributed by atoms with Gasteiger partial charge in [0.15, 0.2) is 0 Å². The number of aromatic nitrogens is 2. The summed E-state index contributed by atoms with van der Waals surface area (Å²) in [6, 6.07) is 5.51. The van der Waals surface area contributed by atoms with E-state index in [1.807, 2.05) is 20.2 Å². The molecular formula is C24H39N5O3S. The number of hydrogen-bond acceptors (Lipinski definition) is 5. The standard InChI is InChI=1S/C24H39N5O3S/c1-6-13-29-21-10-9-19(33(31,32)28-14-7-8-15-28)16-20(21)26-23(29)11-12-24(30)25-17-22(18(2)3)27(4)5/h9-10,16,18,22H,6-8,11-15,17H2,1-5H3,(H,25,30). The van der Waals surface area contributed by atoms with Crippen LogP contribution in [0.3, 0.4) is 0 Å². The molecular weight excluding hydrogens is 438 g/mol. The summed E-state index contributed by atoms with van der Waals surface area (Å²) in [6.45, 7) is 8.97. The number of hydrogen-bond donors (Lipinski definition) is 1. The third kappa shape index (κ3) is 5.94. The van der Waals surface area contributed by atoms with Gasteiger partial charge >= 0.3 is 0 Å². The van der Waals surface area contributed by atoms with Crippen molar-refractivity contribution in [1.82, 2.24) is 24.1 Å². The lowest BCUT2D eigenvalue weighted by molar-refractivity contribution is -0.121. The van der Waals surface area contributed by atoms with Gasteiger partial charge in [-0.1, -0.05) is 20.8 Å². The van der Waals surface area contributed by atoms with E-state index in [1.165, 1.54) is 0 Å². The fourth-order valence-electron chi connectivity index (χ4n) is 4.61. The highest BCUT2D eigenvalue weighted by Gasteiger charge is 2.28. The first kappa shape index (κ1) is 25.6. The summed E-state index contributed by atoms with van der Waals surface area (Å²) in [5.41, 5.74) is 1.59. The Bertz CT molecular complexity index is 1050. The molecule has 0 saturated carbocycles. The number of nitrogens with zero attached hydrogens (tertiary/aromatic N) is 4. The fourth-order valence-corrected chi connectivity index (χ4v) is 6.15. The molecule has 8 nitrogen and oxygen atoms in total. The van der Waals surface area contributed by atoms with Gasteiger partial charge < -0.3 is 14.8 Å². The molecule has 0 aliphatic carbocycles. The summed E-state index contributed by atoms with van der Waals surface area (Å²) < 4.78 is 29.6. The minimum Gasteiger partial charge on any atom is -0.355 e. The average Bonchev–Trinajstić information content (AvgIpc) is 3.41. The van der Waals surface area contributed by atoms with Crippen molar-refractivity contribution in [3.05, 3.63) is 24.0 Å². The molecule has 1 N–H and O–H groups in total. The van der Waals surface area contributed by atoms with Gasteiger partial charge in [0.1, 0.15) is 5.82 Å². The first-order chi connectivity index (χ1) is 15.6.